The van der Waals surface area contributed by atoms with E-state index in [2.05, 4.69) is 5.10 Å². The Kier molecular flexibility index (Phi) is 7.28. The second-order valence-electron chi connectivity index (χ2n) is 9.08. The molecule has 0 radical (unpaired) electrons. The van der Waals surface area contributed by atoms with Crippen LogP contribution in [0.3, 0.4) is 0 Å². The molecule has 1 aliphatic carbocycles. The molecule has 0 atom stereocenters. The van der Waals surface area contributed by atoms with Crippen LogP contribution in [0.2, 0.25) is 5.02 Å². The lowest BCUT2D eigenvalue weighted by atomic mass is 9.88. The number of nitro groups is 1. The Morgan fingerprint density at radius 2 is 1.84 bits per heavy atom. The Balaban J connectivity index is 1.55. The smallest absolute Gasteiger partial charge is 0.282 e. The van der Waals surface area contributed by atoms with Crippen LogP contribution < -0.4 is 10.3 Å². The molecule has 1 fully saturated rings. The van der Waals surface area contributed by atoms with Crippen LogP contribution in [-0.4, -0.2) is 20.8 Å². The van der Waals surface area contributed by atoms with E-state index in [9.17, 15) is 14.9 Å². The van der Waals surface area contributed by atoms with Gasteiger partial charge in [-0.3, -0.25) is 14.9 Å². The highest BCUT2D eigenvalue weighted by atomic mass is 35.5. The zero-order valence-corrected chi connectivity index (χ0v) is 20.8. The molecule has 0 amide bonds. The summed E-state index contributed by atoms with van der Waals surface area (Å²) in [6.45, 7) is 0.237. The number of non-ortho nitro benzene ring substituents is 1. The number of rotatable bonds is 7. The molecule has 0 spiro atoms. The fourth-order valence-electron chi connectivity index (χ4n) is 4.62. The Labute approximate surface area is 218 Å². The van der Waals surface area contributed by atoms with E-state index in [0.29, 0.717) is 33.1 Å². The van der Waals surface area contributed by atoms with Crippen molar-refractivity contribution >= 4 is 34.4 Å². The number of hydrogen-bond donors (Lipinski definition) is 0. The SMILES string of the molecule is O=c1c2ccccc2nc(C2CCCCC2)n1N=Cc1cc([N+](=O)[O-])ccc1OCc1ccc(Cl)cc1. The molecule has 1 heterocycles. The molecule has 1 aromatic heterocycles. The van der Waals surface area contributed by atoms with E-state index in [4.69, 9.17) is 21.3 Å². The van der Waals surface area contributed by atoms with Crippen molar-refractivity contribution < 1.29 is 9.66 Å². The Hall–Kier alpha value is -4.04. The fraction of sp³-hybridized carbons (Fsp3) is 0.250. The maximum atomic E-state index is 13.5. The number of ether oxygens (including phenoxy) is 1. The van der Waals surface area contributed by atoms with Crippen molar-refractivity contribution in [2.75, 3.05) is 0 Å². The third-order valence-corrected chi connectivity index (χ3v) is 6.83. The van der Waals surface area contributed by atoms with Gasteiger partial charge in [-0.25, -0.2) is 4.98 Å². The second-order valence-corrected chi connectivity index (χ2v) is 9.51. The number of nitro benzene ring substituents is 1. The van der Waals surface area contributed by atoms with E-state index < -0.39 is 4.92 Å². The zero-order valence-electron chi connectivity index (χ0n) is 20.0. The molecular weight excluding hydrogens is 492 g/mol. The van der Waals surface area contributed by atoms with Gasteiger partial charge in [-0.2, -0.15) is 9.78 Å². The quantitative estimate of drug-likeness (QED) is 0.159. The highest BCUT2D eigenvalue weighted by Crippen LogP contribution is 2.32. The minimum absolute atomic E-state index is 0.100. The number of nitrogens with zero attached hydrogens (tertiary/aromatic N) is 4. The maximum absolute atomic E-state index is 13.5. The van der Waals surface area contributed by atoms with Crippen LogP contribution >= 0.6 is 11.6 Å². The Bertz CT molecular complexity index is 1530. The number of halogens is 1. The minimum atomic E-state index is -0.475. The molecule has 4 aromatic rings. The van der Waals surface area contributed by atoms with Crippen LogP contribution in [-0.2, 0) is 6.61 Å². The van der Waals surface area contributed by atoms with Gasteiger partial charge in [0, 0.05) is 28.6 Å². The van der Waals surface area contributed by atoms with E-state index in [-0.39, 0.29) is 23.8 Å². The predicted octanol–water partition coefficient (Wildman–Crippen LogP) is 6.47. The molecule has 3 aromatic carbocycles. The molecule has 5 rings (SSSR count). The summed E-state index contributed by atoms with van der Waals surface area (Å²) in [7, 11) is 0. The molecule has 9 heteroatoms. The number of benzene rings is 3. The van der Waals surface area contributed by atoms with Crippen LogP contribution in [0.1, 0.15) is 55.0 Å². The topological polar surface area (TPSA) is 99.6 Å². The molecule has 1 aliphatic rings. The second kappa shape index (κ2) is 10.9. The van der Waals surface area contributed by atoms with Gasteiger partial charge in [0.2, 0.25) is 0 Å². The van der Waals surface area contributed by atoms with Crippen molar-refractivity contribution in [3.8, 4) is 5.75 Å². The molecule has 8 nitrogen and oxygen atoms in total. The highest BCUT2D eigenvalue weighted by molar-refractivity contribution is 6.30. The van der Waals surface area contributed by atoms with Gasteiger partial charge in [-0.1, -0.05) is 55.1 Å². The van der Waals surface area contributed by atoms with Crippen LogP contribution in [0.5, 0.6) is 5.75 Å². The first-order chi connectivity index (χ1) is 18.0. The number of hydrogen-bond acceptors (Lipinski definition) is 6. The molecule has 1 saturated carbocycles. The Morgan fingerprint density at radius 3 is 2.59 bits per heavy atom. The Morgan fingerprint density at radius 1 is 1.08 bits per heavy atom. The molecule has 0 N–H and O–H groups in total. The van der Waals surface area contributed by atoms with Crippen molar-refractivity contribution in [1.29, 1.82) is 0 Å². The molecule has 0 aliphatic heterocycles. The van der Waals surface area contributed by atoms with Gasteiger partial charge < -0.3 is 4.74 Å². The summed E-state index contributed by atoms with van der Waals surface area (Å²) >= 11 is 5.96. The summed E-state index contributed by atoms with van der Waals surface area (Å²) in [6.07, 6.45) is 6.63. The predicted molar refractivity (Wildman–Crippen MR) is 144 cm³/mol. The third-order valence-electron chi connectivity index (χ3n) is 6.57. The van der Waals surface area contributed by atoms with E-state index >= 15 is 0 Å². The van der Waals surface area contributed by atoms with Gasteiger partial charge in [-0.05, 0) is 48.7 Å². The summed E-state index contributed by atoms with van der Waals surface area (Å²) in [6, 6.07) is 18.8. The third kappa shape index (κ3) is 5.54. The average Bonchev–Trinajstić information content (AvgIpc) is 2.93. The van der Waals surface area contributed by atoms with Crippen molar-refractivity contribution in [1.82, 2.24) is 9.66 Å². The molecule has 188 valence electrons. The first-order valence-electron chi connectivity index (χ1n) is 12.2. The van der Waals surface area contributed by atoms with Gasteiger partial charge in [0.15, 0.2) is 0 Å². The largest absolute Gasteiger partial charge is 0.488 e. The highest BCUT2D eigenvalue weighted by Gasteiger charge is 2.22. The fourth-order valence-corrected chi connectivity index (χ4v) is 4.75. The van der Waals surface area contributed by atoms with Gasteiger partial charge in [0.1, 0.15) is 18.2 Å². The van der Waals surface area contributed by atoms with E-state index in [1.807, 2.05) is 24.3 Å². The minimum Gasteiger partial charge on any atom is -0.488 e. The van der Waals surface area contributed by atoms with E-state index in [1.54, 1.807) is 30.3 Å². The van der Waals surface area contributed by atoms with Crippen LogP contribution in [0.4, 0.5) is 5.69 Å². The maximum Gasteiger partial charge on any atom is 0.282 e. The lowest BCUT2D eigenvalue weighted by Gasteiger charge is -2.22. The van der Waals surface area contributed by atoms with Crippen molar-refractivity contribution in [3.63, 3.8) is 0 Å². The molecular formula is C28H25ClN4O4. The lowest BCUT2D eigenvalue weighted by molar-refractivity contribution is -0.384. The van der Waals surface area contributed by atoms with Crippen LogP contribution in [0.15, 0.2) is 76.6 Å². The number of aromatic nitrogens is 2. The first-order valence-corrected chi connectivity index (χ1v) is 12.6. The summed E-state index contributed by atoms with van der Waals surface area (Å²) in [4.78, 5) is 29.3. The molecule has 37 heavy (non-hydrogen) atoms. The van der Waals surface area contributed by atoms with Gasteiger partial charge in [0.05, 0.1) is 22.0 Å². The summed E-state index contributed by atoms with van der Waals surface area (Å²) in [5, 5.41) is 17.1. The van der Waals surface area contributed by atoms with E-state index in [0.717, 1.165) is 31.2 Å². The summed E-state index contributed by atoms with van der Waals surface area (Å²) in [5.74, 6) is 1.15. The monoisotopic (exact) mass is 516 g/mol. The van der Waals surface area contributed by atoms with Crippen molar-refractivity contribution in [2.24, 2.45) is 5.10 Å². The number of fused-ring (bicyclic) bond motifs is 1. The van der Waals surface area contributed by atoms with Gasteiger partial charge in [-0.15, -0.1) is 0 Å². The molecule has 0 bridgehead atoms. The lowest BCUT2D eigenvalue weighted by Crippen LogP contribution is -2.25. The average molecular weight is 517 g/mol. The number of para-hydroxylation sites is 1. The molecule has 0 saturated heterocycles. The van der Waals surface area contributed by atoms with Crippen molar-refractivity contribution in [3.05, 3.63) is 109 Å². The molecule has 0 unspecified atom stereocenters. The van der Waals surface area contributed by atoms with Gasteiger partial charge in [0.25, 0.3) is 11.2 Å². The van der Waals surface area contributed by atoms with Crippen LogP contribution in [0.25, 0.3) is 10.9 Å². The summed E-state index contributed by atoms with van der Waals surface area (Å²) in [5.41, 5.74) is 1.55. The standard InChI is InChI=1S/C28H25ClN4O4/c29-22-12-10-19(11-13-22)18-37-26-15-14-23(33(35)36)16-21(26)17-30-32-27(20-6-2-1-3-7-20)31-25-9-5-4-8-24(25)28(32)34/h4-5,8-17,20H,1-3,6-7,18H2. The first kappa shape index (κ1) is 24.6. The van der Waals surface area contributed by atoms with E-state index in [1.165, 1.54) is 29.4 Å². The summed E-state index contributed by atoms with van der Waals surface area (Å²) < 4.78 is 7.32. The van der Waals surface area contributed by atoms with Crippen molar-refractivity contribution in [2.45, 2.75) is 44.6 Å². The van der Waals surface area contributed by atoms with Crippen LogP contribution in [0, 0.1) is 10.1 Å². The normalized spacial score (nSPS) is 14.3. The van der Waals surface area contributed by atoms with Gasteiger partial charge >= 0.3 is 0 Å². The zero-order chi connectivity index (χ0) is 25.8.